The summed E-state index contributed by atoms with van der Waals surface area (Å²) in [6, 6.07) is 0. The quantitative estimate of drug-likeness (QED) is 0.201. The molecule has 0 fully saturated rings. The minimum atomic E-state index is -3.52. The molecule has 0 saturated carbocycles. The minimum Gasteiger partial charge on any atom is -0.550 e. The summed E-state index contributed by atoms with van der Waals surface area (Å²) in [5.41, 5.74) is 0. The molecule has 30 heavy (non-hydrogen) atoms. The third kappa shape index (κ3) is 26.2. The van der Waals surface area contributed by atoms with Gasteiger partial charge in [-0.1, -0.05) is 109 Å². The van der Waals surface area contributed by atoms with Crippen LogP contribution in [0.25, 0.3) is 0 Å². The van der Waals surface area contributed by atoms with Crippen molar-refractivity contribution in [2.45, 2.75) is 122 Å². The summed E-state index contributed by atoms with van der Waals surface area (Å²) in [7, 11) is -3.52. The van der Waals surface area contributed by atoms with Gasteiger partial charge in [0.15, 0.2) is 0 Å². The molecule has 0 spiro atoms. The molecule has 0 heterocycles. The van der Waals surface area contributed by atoms with Crippen LogP contribution in [0, 0.1) is 0 Å². The van der Waals surface area contributed by atoms with Gasteiger partial charge in [-0.15, -0.1) is 0 Å². The molecule has 5 nitrogen and oxygen atoms in total. The topological polar surface area (TPSA) is 86.3 Å². The fourth-order valence-corrected chi connectivity index (χ4v) is 4.22. The Bertz CT molecular complexity index is 509. The van der Waals surface area contributed by atoms with Crippen LogP contribution < -0.4 is 39.4 Å². The third-order valence-corrected chi connectivity index (χ3v) is 6.29. The summed E-state index contributed by atoms with van der Waals surface area (Å²) in [4.78, 5) is 10.3. The van der Waals surface area contributed by atoms with Crippen LogP contribution in [0.4, 0.5) is 0 Å². The third-order valence-electron chi connectivity index (χ3n) is 5.13. The van der Waals surface area contributed by atoms with E-state index in [9.17, 15) is 18.3 Å². The van der Waals surface area contributed by atoms with E-state index in [2.05, 4.69) is 11.6 Å². The van der Waals surface area contributed by atoms with E-state index in [4.69, 9.17) is 0 Å². The van der Waals surface area contributed by atoms with Crippen molar-refractivity contribution in [2.24, 2.45) is 0 Å². The molecule has 0 bridgehead atoms. The molecule has 0 amide bonds. The number of unbranched alkanes of at least 4 members (excludes halogenated alkanes) is 16. The van der Waals surface area contributed by atoms with Gasteiger partial charge in [-0.3, -0.25) is 0 Å². The maximum atomic E-state index is 11.6. The fourth-order valence-electron chi connectivity index (χ4n) is 3.35. The number of sulfonamides is 1. The average Bonchev–Trinajstić information content (AvgIpc) is 2.66. The van der Waals surface area contributed by atoms with Gasteiger partial charge in [-0.05, 0) is 12.8 Å². The van der Waals surface area contributed by atoms with Crippen LogP contribution in [0.1, 0.15) is 122 Å². The summed E-state index contributed by atoms with van der Waals surface area (Å²) in [5, 5.41) is 11.4. The van der Waals surface area contributed by atoms with Crippen molar-refractivity contribution in [1.82, 2.24) is 4.72 Å². The Morgan fingerprint density at radius 3 is 1.57 bits per heavy atom. The molecule has 0 saturated heterocycles. The molecule has 0 rings (SSSR count). The Hall–Kier alpha value is 0.120. The number of hydrogen-bond acceptors (Lipinski definition) is 4. The number of hydrogen-bond donors (Lipinski definition) is 1. The molecular formula is C23H44NNaO4S. The van der Waals surface area contributed by atoms with E-state index in [1.54, 1.807) is 6.08 Å². The average molecular weight is 454 g/mol. The second-order valence-electron chi connectivity index (χ2n) is 8.03. The van der Waals surface area contributed by atoms with Crippen molar-refractivity contribution >= 4 is 16.0 Å². The molecule has 1 N–H and O–H groups in total. The van der Waals surface area contributed by atoms with Crippen LogP contribution in [0.5, 0.6) is 0 Å². The standard InChI is InChI=1S/C23H45NO4S.Na/c1-2-3-4-5-6-7-8-9-10-11-12-13-14-15-16-17-18-19-22-29(27,28)24-21-20-23(25)26;/h19,22,24H,2-18,20-21H2,1H3,(H,25,26);/q;+1/p-1/b22-19+;. The Morgan fingerprint density at radius 1 is 0.767 bits per heavy atom. The van der Waals surface area contributed by atoms with E-state index in [1.807, 2.05) is 0 Å². The van der Waals surface area contributed by atoms with Crippen LogP contribution in [-0.2, 0) is 14.8 Å². The first kappa shape index (κ1) is 32.3. The van der Waals surface area contributed by atoms with Crippen LogP contribution in [-0.4, -0.2) is 20.9 Å². The van der Waals surface area contributed by atoms with E-state index < -0.39 is 16.0 Å². The van der Waals surface area contributed by atoms with E-state index in [-0.39, 0.29) is 42.5 Å². The zero-order chi connectivity index (χ0) is 21.6. The van der Waals surface area contributed by atoms with Crippen molar-refractivity contribution in [1.29, 1.82) is 0 Å². The Labute approximate surface area is 208 Å². The number of rotatable bonds is 22. The number of allylic oxidation sites excluding steroid dienone is 1. The number of aliphatic carboxylic acids is 1. The first-order chi connectivity index (χ1) is 14.0. The van der Waals surface area contributed by atoms with Gasteiger partial charge in [0.1, 0.15) is 0 Å². The molecule has 0 aromatic heterocycles. The first-order valence-corrected chi connectivity index (χ1v) is 13.4. The molecule has 0 aliphatic carbocycles. The van der Waals surface area contributed by atoms with Crippen molar-refractivity contribution in [3.05, 3.63) is 11.5 Å². The molecule has 0 aromatic rings. The van der Waals surface area contributed by atoms with Gasteiger partial charge in [0, 0.05) is 24.3 Å². The largest absolute Gasteiger partial charge is 1.00 e. The van der Waals surface area contributed by atoms with Gasteiger partial charge in [-0.25, -0.2) is 13.1 Å². The predicted octanol–water partition coefficient (Wildman–Crippen LogP) is 2.22. The number of nitrogens with one attached hydrogen (secondary N) is 1. The van der Waals surface area contributed by atoms with Gasteiger partial charge >= 0.3 is 29.6 Å². The minimum absolute atomic E-state index is 0. The van der Waals surface area contributed by atoms with Crippen LogP contribution >= 0.6 is 0 Å². The molecule has 0 atom stereocenters. The summed E-state index contributed by atoms with van der Waals surface area (Å²) in [6.45, 7) is 2.13. The van der Waals surface area contributed by atoms with Gasteiger partial charge in [0.05, 0.1) is 0 Å². The molecule has 0 aliphatic rings. The van der Waals surface area contributed by atoms with Gasteiger partial charge in [0.25, 0.3) is 0 Å². The van der Waals surface area contributed by atoms with Crippen LogP contribution in [0.3, 0.4) is 0 Å². The molecule has 0 aliphatic heterocycles. The van der Waals surface area contributed by atoms with Gasteiger partial charge in [0.2, 0.25) is 10.0 Å². The predicted molar refractivity (Wildman–Crippen MR) is 120 cm³/mol. The zero-order valence-electron chi connectivity index (χ0n) is 19.6. The smallest absolute Gasteiger partial charge is 0.550 e. The van der Waals surface area contributed by atoms with E-state index in [0.29, 0.717) is 0 Å². The van der Waals surface area contributed by atoms with Crippen LogP contribution in [0.15, 0.2) is 11.5 Å². The van der Waals surface area contributed by atoms with Crippen molar-refractivity contribution in [2.75, 3.05) is 6.54 Å². The van der Waals surface area contributed by atoms with Crippen LogP contribution in [0.2, 0.25) is 0 Å². The second-order valence-corrected chi connectivity index (χ2v) is 9.68. The Kier molecular flexibility index (Phi) is 25.6. The maximum Gasteiger partial charge on any atom is 1.00 e. The molecule has 0 unspecified atom stereocenters. The zero-order valence-corrected chi connectivity index (χ0v) is 22.4. The molecule has 0 radical (unpaired) electrons. The maximum absolute atomic E-state index is 11.6. The molecule has 172 valence electrons. The van der Waals surface area contributed by atoms with Gasteiger partial charge in [-0.2, -0.15) is 0 Å². The SMILES string of the molecule is CCCCCCCCCCCCCCCCCC/C=C/S(=O)(=O)NCCC(=O)[O-].[Na+]. The number of carbonyl (C=O) groups is 1. The number of carboxylic acids is 1. The summed E-state index contributed by atoms with van der Waals surface area (Å²) in [5.74, 6) is -1.26. The van der Waals surface area contributed by atoms with E-state index in [1.165, 1.54) is 89.9 Å². The van der Waals surface area contributed by atoms with Crippen molar-refractivity contribution in [3.8, 4) is 0 Å². The summed E-state index contributed by atoms with van der Waals surface area (Å²) in [6.07, 6.45) is 23.2. The molecular weight excluding hydrogens is 409 g/mol. The molecule has 7 heteroatoms. The fraction of sp³-hybridized carbons (Fsp3) is 0.870. The Morgan fingerprint density at radius 2 is 1.17 bits per heavy atom. The first-order valence-electron chi connectivity index (χ1n) is 11.8. The van der Waals surface area contributed by atoms with E-state index >= 15 is 0 Å². The number of carbonyl (C=O) groups excluding carboxylic acids is 1. The van der Waals surface area contributed by atoms with Crippen molar-refractivity contribution in [3.63, 3.8) is 0 Å². The van der Waals surface area contributed by atoms with E-state index in [0.717, 1.165) is 24.7 Å². The molecule has 0 aromatic carbocycles. The summed E-state index contributed by atoms with van der Waals surface area (Å²) >= 11 is 0. The number of carboxylic acid groups (broad SMARTS) is 1. The summed E-state index contributed by atoms with van der Waals surface area (Å²) < 4.78 is 25.4. The van der Waals surface area contributed by atoms with Crippen molar-refractivity contribution < 1.29 is 47.9 Å². The second kappa shape index (κ2) is 23.8. The Balaban J connectivity index is 0. The van der Waals surface area contributed by atoms with Gasteiger partial charge < -0.3 is 9.90 Å². The normalized spacial score (nSPS) is 11.6. The monoisotopic (exact) mass is 453 g/mol.